The number of fused-ring (bicyclic) bond motifs is 1. The van der Waals surface area contributed by atoms with Crippen molar-refractivity contribution in [2.24, 2.45) is 7.05 Å². The van der Waals surface area contributed by atoms with Crippen LogP contribution < -0.4 is 10.1 Å². The summed E-state index contributed by atoms with van der Waals surface area (Å²) in [6.45, 7) is 5.87. The SMILES string of the molecule is CC.COc1cc(-c2ccc(-c3ccc(C4CNC4)nn3)c(O)c2)nc2cn(C)nc12. The van der Waals surface area contributed by atoms with Crippen molar-refractivity contribution in [1.29, 1.82) is 0 Å². The van der Waals surface area contributed by atoms with Gasteiger partial charge in [0.15, 0.2) is 11.3 Å². The molecule has 3 aromatic heterocycles. The minimum Gasteiger partial charge on any atom is -0.507 e. The molecule has 1 aliphatic rings. The normalized spacial score (nSPS) is 13.4. The van der Waals surface area contributed by atoms with Crippen molar-refractivity contribution in [2.75, 3.05) is 20.2 Å². The molecule has 4 aromatic rings. The van der Waals surface area contributed by atoms with E-state index in [1.54, 1.807) is 17.9 Å². The molecule has 0 radical (unpaired) electrons. The molecule has 1 aromatic carbocycles. The Morgan fingerprint density at radius 1 is 1.06 bits per heavy atom. The number of rotatable bonds is 4. The molecule has 0 amide bonds. The maximum atomic E-state index is 10.6. The highest BCUT2D eigenvalue weighted by molar-refractivity contribution is 5.85. The first-order valence-corrected chi connectivity index (χ1v) is 10.4. The maximum Gasteiger partial charge on any atom is 0.153 e. The summed E-state index contributed by atoms with van der Waals surface area (Å²) in [5, 5.41) is 26.9. The van der Waals surface area contributed by atoms with Crippen molar-refractivity contribution in [1.82, 2.24) is 30.3 Å². The molecular formula is C23H26N6O2. The zero-order valence-corrected chi connectivity index (χ0v) is 18.1. The van der Waals surface area contributed by atoms with Crippen molar-refractivity contribution in [3.8, 4) is 34.0 Å². The van der Waals surface area contributed by atoms with Crippen LogP contribution in [0.5, 0.6) is 11.5 Å². The third-order valence-corrected chi connectivity index (χ3v) is 5.23. The van der Waals surface area contributed by atoms with E-state index in [2.05, 4.69) is 25.6 Å². The van der Waals surface area contributed by atoms with Crippen LogP contribution >= 0.6 is 0 Å². The van der Waals surface area contributed by atoms with E-state index >= 15 is 0 Å². The number of phenolic OH excluding ortho intramolecular Hbond substituents is 1. The van der Waals surface area contributed by atoms with Gasteiger partial charge in [-0.15, -0.1) is 0 Å². The molecule has 0 aliphatic carbocycles. The van der Waals surface area contributed by atoms with Gasteiger partial charge < -0.3 is 15.2 Å². The van der Waals surface area contributed by atoms with Crippen LogP contribution in [0.25, 0.3) is 33.5 Å². The number of ether oxygens (including phenoxy) is 1. The van der Waals surface area contributed by atoms with Gasteiger partial charge in [0.05, 0.1) is 30.4 Å². The van der Waals surface area contributed by atoms with Gasteiger partial charge in [-0.05, 0) is 24.3 Å². The van der Waals surface area contributed by atoms with Crippen molar-refractivity contribution >= 4 is 11.0 Å². The highest BCUT2D eigenvalue weighted by Gasteiger charge is 2.21. The van der Waals surface area contributed by atoms with Crippen LogP contribution in [-0.2, 0) is 7.05 Å². The van der Waals surface area contributed by atoms with Gasteiger partial charge in [-0.3, -0.25) is 4.68 Å². The summed E-state index contributed by atoms with van der Waals surface area (Å²) in [6, 6.07) is 11.1. The van der Waals surface area contributed by atoms with Crippen LogP contribution in [0.2, 0.25) is 0 Å². The number of hydrogen-bond acceptors (Lipinski definition) is 7. The summed E-state index contributed by atoms with van der Waals surface area (Å²) in [5.41, 5.74) is 5.16. The van der Waals surface area contributed by atoms with E-state index < -0.39 is 0 Å². The predicted octanol–water partition coefficient (Wildman–Crippen LogP) is 3.52. The average molecular weight is 419 g/mol. The third kappa shape index (κ3) is 3.94. The minimum absolute atomic E-state index is 0.127. The Bertz CT molecular complexity index is 1200. The summed E-state index contributed by atoms with van der Waals surface area (Å²) in [6.07, 6.45) is 1.84. The van der Waals surface area contributed by atoms with Gasteiger partial charge in [0.25, 0.3) is 0 Å². The van der Waals surface area contributed by atoms with E-state index in [1.165, 1.54) is 0 Å². The number of benzene rings is 1. The first kappa shape index (κ1) is 20.7. The van der Waals surface area contributed by atoms with Gasteiger partial charge >= 0.3 is 0 Å². The quantitative estimate of drug-likeness (QED) is 0.523. The number of methoxy groups -OCH3 is 1. The fourth-order valence-electron chi connectivity index (χ4n) is 3.50. The molecule has 1 fully saturated rings. The summed E-state index contributed by atoms with van der Waals surface area (Å²) in [7, 11) is 3.45. The summed E-state index contributed by atoms with van der Waals surface area (Å²) < 4.78 is 7.17. The molecule has 160 valence electrons. The highest BCUT2D eigenvalue weighted by atomic mass is 16.5. The van der Waals surface area contributed by atoms with Crippen LogP contribution in [-0.4, -0.2) is 50.3 Å². The number of hydrogen-bond donors (Lipinski definition) is 2. The molecule has 0 atom stereocenters. The Kier molecular flexibility index (Phi) is 5.81. The predicted molar refractivity (Wildman–Crippen MR) is 120 cm³/mol. The van der Waals surface area contributed by atoms with E-state index in [0.29, 0.717) is 34.1 Å². The third-order valence-electron chi connectivity index (χ3n) is 5.23. The van der Waals surface area contributed by atoms with E-state index in [-0.39, 0.29) is 5.75 Å². The lowest BCUT2D eigenvalue weighted by Crippen LogP contribution is -2.40. The standard InChI is InChI=1S/C21H20N6O2.C2H6/c1-27-11-18-21(26-27)20(29-2)8-17(23-18)12-3-4-14(19(28)7-12)16-6-5-15(24-25-16)13-9-22-10-13;1-2/h3-8,11,13,22,28H,9-10H2,1-2H3;1-2H3. The second-order valence-corrected chi connectivity index (χ2v) is 7.18. The van der Waals surface area contributed by atoms with Crippen molar-refractivity contribution in [3.05, 3.63) is 48.3 Å². The van der Waals surface area contributed by atoms with Crippen molar-refractivity contribution in [3.63, 3.8) is 0 Å². The lowest BCUT2D eigenvalue weighted by atomic mass is 9.98. The molecular weight excluding hydrogens is 392 g/mol. The molecule has 1 saturated heterocycles. The monoisotopic (exact) mass is 418 g/mol. The fraction of sp³-hybridized carbons (Fsp3) is 0.304. The number of aromatic nitrogens is 5. The van der Waals surface area contributed by atoms with Crippen LogP contribution in [0.1, 0.15) is 25.5 Å². The molecule has 0 bridgehead atoms. The largest absolute Gasteiger partial charge is 0.507 e. The number of phenols is 1. The first-order chi connectivity index (χ1) is 15.1. The van der Waals surface area contributed by atoms with Crippen LogP contribution in [0.4, 0.5) is 0 Å². The molecule has 0 spiro atoms. The van der Waals surface area contributed by atoms with Crippen LogP contribution in [0.3, 0.4) is 0 Å². The highest BCUT2D eigenvalue weighted by Crippen LogP contribution is 2.34. The van der Waals surface area contributed by atoms with Crippen molar-refractivity contribution < 1.29 is 9.84 Å². The Hall–Kier alpha value is -3.52. The molecule has 0 saturated carbocycles. The Morgan fingerprint density at radius 2 is 1.87 bits per heavy atom. The second-order valence-electron chi connectivity index (χ2n) is 7.18. The molecule has 1 aliphatic heterocycles. The maximum absolute atomic E-state index is 10.6. The smallest absolute Gasteiger partial charge is 0.153 e. The van der Waals surface area contributed by atoms with Gasteiger partial charge in [-0.25, -0.2) is 4.98 Å². The molecule has 0 unspecified atom stereocenters. The molecule has 2 N–H and O–H groups in total. The molecule has 31 heavy (non-hydrogen) atoms. The fourth-order valence-corrected chi connectivity index (χ4v) is 3.50. The lowest BCUT2D eigenvalue weighted by molar-refractivity contribution is 0.418. The zero-order chi connectivity index (χ0) is 22.0. The van der Waals surface area contributed by atoms with Gasteiger partial charge in [-0.1, -0.05) is 19.9 Å². The summed E-state index contributed by atoms with van der Waals surface area (Å²) in [5.74, 6) is 1.19. The van der Waals surface area contributed by atoms with E-state index in [4.69, 9.17) is 4.74 Å². The summed E-state index contributed by atoms with van der Waals surface area (Å²) >= 11 is 0. The second kappa shape index (κ2) is 8.69. The van der Waals surface area contributed by atoms with E-state index in [1.807, 2.05) is 57.4 Å². The van der Waals surface area contributed by atoms with E-state index in [9.17, 15) is 5.11 Å². The first-order valence-electron chi connectivity index (χ1n) is 10.4. The Morgan fingerprint density at radius 3 is 2.48 bits per heavy atom. The van der Waals surface area contributed by atoms with Gasteiger partial charge in [0.2, 0.25) is 0 Å². The number of aromatic hydroxyl groups is 1. The van der Waals surface area contributed by atoms with Gasteiger partial charge in [0, 0.05) is 43.2 Å². The number of pyridine rings is 1. The van der Waals surface area contributed by atoms with Crippen LogP contribution in [0, 0.1) is 0 Å². The van der Waals surface area contributed by atoms with E-state index in [0.717, 1.165) is 29.9 Å². The zero-order valence-electron chi connectivity index (χ0n) is 18.1. The van der Waals surface area contributed by atoms with Crippen molar-refractivity contribution in [2.45, 2.75) is 19.8 Å². The Balaban J connectivity index is 0.00000112. The summed E-state index contributed by atoms with van der Waals surface area (Å²) in [4.78, 5) is 4.66. The Labute approximate surface area is 180 Å². The van der Waals surface area contributed by atoms with Gasteiger partial charge in [-0.2, -0.15) is 15.3 Å². The number of nitrogens with zero attached hydrogens (tertiary/aromatic N) is 5. The van der Waals surface area contributed by atoms with Gasteiger partial charge in [0.1, 0.15) is 11.3 Å². The molecule has 8 nitrogen and oxygen atoms in total. The number of nitrogens with one attached hydrogen (secondary N) is 1. The average Bonchev–Trinajstić information content (AvgIpc) is 3.14. The topological polar surface area (TPSA) is 98.0 Å². The number of aryl methyl sites for hydroxylation is 1. The molecule has 5 rings (SSSR count). The molecule has 8 heteroatoms. The molecule has 4 heterocycles. The van der Waals surface area contributed by atoms with Crippen LogP contribution in [0.15, 0.2) is 42.6 Å². The lowest BCUT2D eigenvalue weighted by Gasteiger charge is -2.25. The minimum atomic E-state index is 0.127.